The van der Waals surface area contributed by atoms with E-state index in [-0.39, 0.29) is 11.5 Å². The summed E-state index contributed by atoms with van der Waals surface area (Å²) in [7, 11) is 0. The van der Waals surface area contributed by atoms with Crippen molar-refractivity contribution in [2.45, 2.75) is 24.7 Å². The second kappa shape index (κ2) is 12.1. The van der Waals surface area contributed by atoms with E-state index >= 15 is 0 Å². The van der Waals surface area contributed by atoms with Crippen LogP contribution in [0.1, 0.15) is 47.2 Å². The molecule has 234 valence electrons. The fraction of sp³-hybridized carbons (Fsp3) is 0.0870. The van der Waals surface area contributed by atoms with Gasteiger partial charge in [0.25, 0.3) is 0 Å². The van der Waals surface area contributed by atoms with Crippen LogP contribution < -0.4 is 0 Å². The molecule has 0 aromatic heterocycles. The van der Waals surface area contributed by atoms with Gasteiger partial charge < -0.3 is 10.2 Å². The molecule has 0 atom stereocenters. The van der Waals surface area contributed by atoms with Gasteiger partial charge in [-0.2, -0.15) is 0 Å². The molecule has 2 aliphatic carbocycles. The van der Waals surface area contributed by atoms with E-state index in [9.17, 15) is 10.2 Å². The SMILES string of the molecule is C=C(O)/C=C\C(=C/C)C1(c2ccc(C3(C(/C=C\C(=C)O)=C/C)c4ccccc4-c4ccccc43)cc2)c2ccccc2-c2ccccc21. The van der Waals surface area contributed by atoms with E-state index in [1.165, 1.54) is 44.5 Å². The first kappa shape index (κ1) is 30.8. The van der Waals surface area contributed by atoms with Crippen LogP contribution in [0.2, 0.25) is 0 Å². The van der Waals surface area contributed by atoms with Gasteiger partial charge in [-0.25, -0.2) is 0 Å². The van der Waals surface area contributed by atoms with Crippen LogP contribution in [0, 0.1) is 0 Å². The number of hydrogen-bond donors (Lipinski definition) is 2. The number of rotatable bonds is 8. The van der Waals surface area contributed by atoms with Crippen LogP contribution in [0.15, 0.2) is 194 Å². The second-order valence-electron chi connectivity index (χ2n) is 12.4. The predicted octanol–water partition coefficient (Wildman–Crippen LogP) is 11.5. The largest absolute Gasteiger partial charge is 0.509 e. The van der Waals surface area contributed by atoms with Crippen LogP contribution in [0.25, 0.3) is 22.3 Å². The summed E-state index contributed by atoms with van der Waals surface area (Å²) >= 11 is 0. The number of benzene rings is 5. The molecule has 7 rings (SSSR count). The number of fused-ring (bicyclic) bond motifs is 6. The van der Waals surface area contributed by atoms with Crippen LogP contribution >= 0.6 is 0 Å². The molecule has 0 unspecified atom stereocenters. The minimum atomic E-state index is -0.622. The summed E-state index contributed by atoms with van der Waals surface area (Å²) in [5.41, 5.74) is 12.7. The quantitative estimate of drug-likeness (QED) is 0.134. The van der Waals surface area contributed by atoms with Crippen LogP contribution in [-0.2, 0) is 10.8 Å². The molecule has 2 heteroatoms. The molecule has 48 heavy (non-hydrogen) atoms. The zero-order valence-corrected chi connectivity index (χ0v) is 27.3. The van der Waals surface area contributed by atoms with Crippen molar-refractivity contribution in [3.05, 3.63) is 227 Å². The molecule has 2 N–H and O–H groups in total. The summed E-state index contributed by atoms with van der Waals surface area (Å²) in [6.07, 6.45) is 11.6. The summed E-state index contributed by atoms with van der Waals surface area (Å²) in [6.45, 7) is 11.6. The van der Waals surface area contributed by atoms with Gasteiger partial charge in [-0.3, -0.25) is 0 Å². The van der Waals surface area contributed by atoms with Crippen LogP contribution in [0.5, 0.6) is 0 Å². The molecule has 0 spiro atoms. The Morgan fingerprint density at radius 2 is 0.708 bits per heavy atom. The van der Waals surface area contributed by atoms with E-state index in [1.807, 2.05) is 12.2 Å². The Kier molecular flexibility index (Phi) is 7.73. The molecule has 5 aromatic carbocycles. The number of allylic oxidation sites excluding steroid dienone is 8. The Hall–Kier alpha value is -5.86. The molecule has 2 aliphatic rings. The lowest BCUT2D eigenvalue weighted by Gasteiger charge is -2.37. The monoisotopic (exact) mass is 622 g/mol. The van der Waals surface area contributed by atoms with E-state index in [1.54, 1.807) is 12.2 Å². The fourth-order valence-corrected chi connectivity index (χ4v) is 8.27. The first-order valence-corrected chi connectivity index (χ1v) is 16.3. The van der Waals surface area contributed by atoms with Crippen molar-refractivity contribution in [2.75, 3.05) is 0 Å². The smallest absolute Gasteiger partial charge is 0.108 e. The second-order valence-corrected chi connectivity index (χ2v) is 12.4. The highest BCUT2D eigenvalue weighted by molar-refractivity contribution is 5.88. The standard InChI is InChI=1S/C46H38O2/c1-5-33(25-23-31(3)47)45(41-19-11-7-15-37(41)38-16-8-12-20-42(38)45)35-27-29-36(30-28-35)46(34(6-2)26-24-32(4)48)43-21-13-9-17-39(43)40-18-10-14-22-44(40)46/h5-30,47-48H,3-4H2,1-2H3/b25-23-,26-24-,33-5+,34-6+. The van der Waals surface area contributed by atoms with Crippen molar-refractivity contribution >= 4 is 0 Å². The number of hydrogen-bond acceptors (Lipinski definition) is 2. The Morgan fingerprint density at radius 3 is 0.958 bits per heavy atom. The van der Waals surface area contributed by atoms with Gasteiger partial charge in [0.05, 0.1) is 10.8 Å². The molecule has 0 heterocycles. The summed E-state index contributed by atoms with van der Waals surface area (Å²) in [5.74, 6) is 0.0230. The molecular formula is C46H38O2. The van der Waals surface area contributed by atoms with Crippen molar-refractivity contribution in [1.29, 1.82) is 0 Å². The molecular weight excluding hydrogens is 585 g/mol. The van der Waals surface area contributed by atoms with Gasteiger partial charge in [-0.15, -0.1) is 0 Å². The van der Waals surface area contributed by atoms with Gasteiger partial charge in [-0.1, -0.05) is 159 Å². The Balaban J connectivity index is 1.53. The highest BCUT2D eigenvalue weighted by atomic mass is 16.3. The van der Waals surface area contributed by atoms with E-state index in [0.717, 1.165) is 22.3 Å². The maximum Gasteiger partial charge on any atom is 0.108 e. The maximum absolute atomic E-state index is 10.1. The topological polar surface area (TPSA) is 40.5 Å². The van der Waals surface area contributed by atoms with Gasteiger partial charge in [0.2, 0.25) is 0 Å². The summed E-state index contributed by atoms with van der Waals surface area (Å²) < 4.78 is 0. The van der Waals surface area contributed by atoms with Crippen LogP contribution in [0.4, 0.5) is 0 Å². The normalized spacial score (nSPS) is 15.6. The summed E-state index contributed by atoms with van der Waals surface area (Å²) in [6, 6.07) is 43.6. The molecule has 0 bridgehead atoms. The minimum Gasteiger partial charge on any atom is -0.509 e. The molecule has 0 aliphatic heterocycles. The van der Waals surface area contributed by atoms with Gasteiger partial charge in [-0.05, 0) is 92.8 Å². The number of aliphatic hydroxyl groups excluding tert-OH is 2. The lowest BCUT2D eigenvalue weighted by Crippen LogP contribution is -2.31. The Morgan fingerprint density at radius 1 is 0.438 bits per heavy atom. The zero-order valence-electron chi connectivity index (χ0n) is 27.3. The van der Waals surface area contributed by atoms with Crippen molar-refractivity contribution in [3.63, 3.8) is 0 Å². The lowest BCUT2D eigenvalue weighted by molar-refractivity contribution is 0.434. The predicted molar refractivity (Wildman–Crippen MR) is 199 cm³/mol. The van der Waals surface area contributed by atoms with E-state index in [4.69, 9.17) is 0 Å². The molecule has 0 fully saturated rings. The van der Waals surface area contributed by atoms with Crippen molar-refractivity contribution < 1.29 is 10.2 Å². The van der Waals surface area contributed by atoms with Gasteiger partial charge in [0.15, 0.2) is 0 Å². The van der Waals surface area contributed by atoms with Crippen molar-refractivity contribution in [2.24, 2.45) is 0 Å². The molecule has 0 saturated carbocycles. The molecule has 0 amide bonds. The van der Waals surface area contributed by atoms with Crippen LogP contribution in [-0.4, -0.2) is 10.2 Å². The maximum atomic E-state index is 10.1. The third-order valence-electron chi connectivity index (χ3n) is 10.1. The lowest BCUT2D eigenvalue weighted by atomic mass is 9.64. The highest BCUT2D eigenvalue weighted by Gasteiger charge is 2.49. The van der Waals surface area contributed by atoms with Gasteiger partial charge >= 0.3 is 0 Å². The molecule has 2 nitrogen and oxygen atoms in total. The van der Waals surface area contributed by atoms with E-state index < -0.39 is 10.8 Å². The molecule has 0 radical (unpaired) electrons. The number of aliphatic hydroxyl groups is 2. The third-order valence-corrected chi connectivity index (χ3v) is 10.1. The third kappa shape index (κ3) is 4.41. The first-order valence-electron chi connectivity index (χ1n) is 16.3. The average molecular weight is 623 g/mol. The van der Waals surface area contributed by atoms with Crippen molar-refractivity contribution in [3.8, 4) is 22.3 Å². The van der Waals surface area contributed by atoms with E-state index in [2.05, 4.69) is 160 Å². The van der Waals surface area contributed by atoms with Crippen LogP contribution in [0.3, 0.4) is 0 Å². The highest BCUT2D eigenvalue weighted by Crippen LogP contribution is 2.59. The van der Waals surface area contributed by atoms with Gasteiger partial charge in [0.1, 0.15) is 11.5 Å². The molecule has 0 saturated heterocycles. The Bertz CT molecular complexity index is 1950. The minimum absolute atomic E-state index is 0.0115. The van der Waals surface area contributed by atoms with Crippen molar-refractivity contribution in [1.82, 2.24) is 0 Å². The van der Waals surface area contributed by atoms with Gasteiger partial charge in [0, 0.05) is 0 Å². The summed E-state index contributed by atoms with van der Waals surface area (Å²) in [5, 5.41) is 20.3. The zero-order chi connectivity index (χ0) is 33.5. The summed E-state index contributed by atoms with van der Waals surface area (Å²) in [4.78, 5) is 0. The van der Waals surface area contributed by atoms with E-state index in [0.29, 0.717) is 0 Å². The first-order chi connectivity index (χ1) is 23.4. The fourth-order valence-electron chi connectivity index (χ4n) is 8.27. The molecule has 5 aromatic rings. The Labute approximate surface area is 283 Å². The average Bonchev–Trinajstić information content (AvgIpc) is 3.58.